The number of methoxy groups -OCH3 is 1. The summed E-state index contributed by atoms with van der Waals surface area (Å²) in [5, 5.41) is 4.41. The highest BCUT2D eigenvalue weighted by Gasteiger charge is 2.22. The van der Waals surface area contributed by atoms with E-state index >= 15 is 0 Å². The molecule has 0 saturated heterocycles. The number of fused-ring (bicyclic) bond motifs is 2. The first kappa shape index (κ1) is 22.0. The summed E-state index contributed by atoms with van der Waals surface area (Å²) in [5.41, 5.74) is 3.45. The average molecular weight is 458 g/mol. The standard InChI is InChI=1S/C23H27N3O3S2/c1-14-15(2)31-21-20(14)22(28)26(11-12-29-3)23(25-21)30-13-19(27)24-18-10-6-8-16-7-4-5-9-17(16)18/h4-5,7,9,18H,6,8,10-13H2,1-3H3,(H,24,27)/t18-/m0/s1. The maximum atomic E-state index is 13.1. The van der Waals surface area contributed by atoms with Crippen LogP contribution in [-0.4, -0.2) is 34.9 Å². The van der Waals surface area contributed by atoms with E-state index in [1.54, 1.807) is 11.7 Å². The van der Waals surface area contributed by atoms with Crippen molar-refractivity contribution in [3.05, 3.63) is 56.2 Å². The third-order valence-electron chi connectivity index (χ3n) is 5.81. The van der Waals surface area contributed by atoms with Gasteiger partial charge in [-0.25, -0.2) is 4.98 Å². The van der Waals surface area contributed by atoms with Crippen LogP contribution in [0.25, 0.3) is 10.2 Å². The second-order valence-corrected chi connectivity index (χ2v) is 9.95. The molecular weight excluding hydrogens is 430 g/mol. The van der Waals surface area contributed by atoms with E-state index in [2.05, 4.69) is 17.4 Å². The van der Waals surface area contributed by atoms with Crippen molar-refractivity contribution < 1.29 is 9.53 Å². The number of nitrogens with one attached hydrogen (secondary N) is 1. The molecule has 3 aromatic rings. The Kier molecular flexibility index (Phi) is 6.79. The van der Waals surface area contributed by atoms with Crippen molar-refractivity contribution in [1.82, 2.24) is 14.9 Å². The number of thioether (sulfide) groups is 1. The smallest absolute Gasteiger partial charge is 0.263 e. The van der Waals surface area contributed by atoms with E-state index in [1.165, 1.54) is 34.2 Å². The summed E-state index contributed by atoms with van der Waals surface area (Å²) >= 11 is 2.84. The molecule has 0 saturated carbocycles. The summed E-state index contributed by atoms with van der Waals surface area (Å²) in [4.78, 5) is 32.5. The third kappa shape index (κ3) is 4.56. The number of nitrogens with zero attached hydrogens (tertiary/aromatic N) is 2. The summed E-state index contributed by atoms with van der Waals surface area (Å²) in [7, 11) is 1.61. The zero-order valence-electron chi connectivity index (χ0n) is 18.1. The van der Waals surface area contributed by atoms with E-state index < -0.39 is 0 Å². The Bertz CT molecular complexity index is 1170. The summed E-state index contributed by atoms with van der Waals surface area (Å²) in [6.07, 6.45) is 3.08. The lowest BCUT2D eigenvalue weighted by Crippen LogP contribution is -2.32. The summed E-state index contributed by atoms with van der Waals surface area (Å²) in [6, 6.07) is 8.37. The van der Waals surface area contributed by atoms with Gasteiger partial charge in [-0.2, -0.15) is 0 Å². The van der Waals surface area contributed by atoms with Gasteiger partial charge in [-0.3, -0.25) is 14.2 Å². The minimum Gasteiger partial charge on any atom is -0.383 e. The molecule has 2 aromatic heterocycles. The van der Waals surface area contributed by atoms with Crippen LogP contribution >= 0.6 is 23.1 Å². The van der Waals surface area contributed by atoms with Crippen LogP contribution in [0.15, 0.2) is 34.2 Å². The fraction of sp³-hybridized carbons (Fsp3) is 0.435. The van der Waals surface area contributed by atoms with E-state index in [4.69, 9.17) is 9.72 Å². The van der Waals surface area contributed by atoms with Gasteiger partial charge in [-0.1, -0.05) is 36.0 Å². The molecule has 4 rings (SSSR count). The Morgan fingerprint density at radius 3 is 2.97 bits per heavy atom. The maximum absolute atomic E-state index is 13.1. The Morgan fingerprint density at radius 1 is 1.35 bits per heavy atom. The highest BCUT2D eigenvalue weighted by Crippen LogP contribution is 2.30. The monoisotopic (exact) mass is 457 g/mol. The van der Waals surface area contributed by atoms with E-state index in [-0.39, 0.29) is 23.3 Å². The Hall–Kier alpha value is -2.16. The first-order valence-corrected chi connectivity index (χ1v) is 12.3. The van der Waals surface area contributed by atoms with Crippen LogP contribution in [0.4, 0.5) is 0 Å². The molecule has 1 N–H and O–H groups in total. The number of thiophene rings is 1. The predicted molar refractivity (Wildman–Crippen MR) is 126 cm³/mol. The van der Waals surface area contributed by atoms with Crippen molar-refractivity contribution in [3.8, 4) is 0 Å². The van der Waals surface area contributed by atoms with E-state index in [1.807, 2.05) is 26.0 Å². The van der Waals surface area contributed by atoms with Crippen LogP contribution in [0.2, 0.25) is 0 Å². The van der Waals surface area contributed by atoms with Crippen molar-refractivity contribution in [2.75, 3.05) is 19.5 Å². The minimum absolute atomic E-state index is 0.0436. The van der Waals surface area contributed by atoms with Gasteiger partial charge in [0, 0.05) is 12.0 Å². The molecule has 0 unspecified atom stereocenters. The average Bonchev–Trinajstić information content (AvgIpc) is 3.05. The summed E-state index contributed by atoms with van der Waals surface area (Å²) in [6.45, 7) is 4.78. The minimum atomic E-state index is -0.0620. The molecule has 1 aliphatic carbocycles. The van der Waals surface area contributed by atoms with Gasteiger partial charge in [0.05, 0.1) is 30.3 Å². The number of hydrogen-bond acceptors (Lipinski definition) is 6. The predicted octanol–water partition coefficient (Wildman–Crippen LogP) is 4.01. The van der Waals surface area contributed by atoms with Gasteiger partial charge in [0.2, 0.25) is 5.91 Å². The zero-order valence-corrected chi connectivity index (χ0v) is 19.7. The quantitative estimate of drug-likeness (QED) is 0.429. The van der Waals surface area contributed by atoms with Crippen LogP contribution in [0.5, 0.6) is 0 Å². The molecule has 1 aliphatic rings. The van der Waals surface area contributed by atoms with Crippen molar-refractivity contribution >= 4 is 39.2 Å². The molecule has 0 radical (unpaired) electrons. The van der Waals surface area contributed by atoms with Gasteiger partial charge in [0.1, 0.15) is 4.83 Å². The van der Waals surface area contributed by atoms with Gasteiger partial charge in [0.25, 0.3) is 5.56 Å². The van der Waals surface area contributed by atoms with Crippen molar-refractivity contribution in [2.24, 2.45) is 0 Å². The first-order valence-electron chi connectivity index (χ1n) is 10.5. The van der Waals surface area contributed by atoms with E-state index in [0.717, 1.165) is 34.5 Å². The molecule has 164 valence electrons. The highest BCUT2D eigenvalue weighted by atomic mass is 32.2. The summed E-state index contributed by atoms with van der Waals surface area (Å²) in [5.74, 6) is 0.172. The molecule has 1 aromatic carbocycles. The number of rotatable bonds is 7. The molecule has 2 heterocycles. The van der Waals surface area contributed by atoms with Gasteiger partial charge in [0.15, 0.2) is 5.16 Å². The van der Waals surface area contributed by atoms with Gasteiger partial charge < -0.3 is 10.1 Å². The molecule has 1 atom stereocenters. The normalized spacial score (nSPS) is 15.8. The third-order valence-corrected chi connectivity index (χ3v) is 7.89. The highest BCUT2D eigenvalue weighted by molar-refractivity contribution is 7.99. The molecule has 31 heavy (non-hydrogen) atoms. The van der Waals surface area contributed by atoms with Crippen LogP contribution in [0.1, 0.15) is 40.5 Å². The lowest BCUT2D eigenvalue weighted by Gasteiger charge is -2.26. The second-order valence-electron chi connectivity index (χ2n) is 7.81. The van der Waals surface area contributed by atoms with Crippen molar-refractivity contribution in [2.45, 2.75) is 50.9 Å². The number of carbonyl (C=O) groups is 1. The molecule has 0 bridgehead atoms. The number of benzene rings is 1. The van der Waals surface area contributed by atoms with Gasteiger partial charge in [-0.05, 0) is 49.8 Å². The second kappa shape index (κ2) is 9.54. The molecule has 8 heteroatoms. The van der Waals surface area contributed by atoms with E-state index in [9.17, 15) is 9.59 Å². The first-order chi connectivity index (χ1) is 15.0. The molecule has 0 fully saturated rings. The topological polar surface area (TPSA) is 73.2 Å². The van der Waals surface area contributed by atoms with Crippen molar-refractivity contribution in [1.29, 1.82) is 0 Å². The molecule has 6 nitrogen and oxygen atoms in total. The number of carbonyl (C=O) groups excluding carboxylic acids is 1. The van der Waals surface area contributed by atoms with Crippen LogP contribution in [-0.2, 0) is 22.5 Å². The van der Waals surface area contributed by atoms with Gasteiger partial charge >= 0.3 is 0 Å². The van der Waals surface area contributed by atoms with E-state index in [0.29, 0.717) is 23.7 Å². The Balaban J connectivity index is 1.53. The van der Waals surface area contributed by atoms with Crippen LogP contribution in [0.3, 0.4) is 0 Å². The Morgan fingerprint density at radius 2 is 2.16 bits per heavy atom. The molecule has 0 aliphatic heterocycles. The van der Waals surface area contributed by atoms with Crippen LogP contribution < -0.4 is 10.9 Å². The van der Waals surface area contributed by atoms with Crippen LogP contribution in [0, 0.1) is 13.8 Å². The largest absolute Gasteiger partial charge is 0.383 e. The Labute approximate surface area is 190 Å². The van der Waals surface area contributed by atoms with Crippen molar-refractivity contribution in [3.63, 3.8) is 0 Å². The number of aromatic nitrogens is 2. The fourth-order valence-electron chi connectivity index (χ4n) is 4.07. The summed E-state index contributed by atoms with van der Waals surface area (Å²) < 4.78 is 6.83. The number of amides is 1. The molecule has 1 amide bonds. The molecular formula is C23H27N3O3S2. The number of hydrogen-bond donors (Lipinski definition) is 1. The zero-order chi connectivity index (χ0) is 22.0. The lowest BCUT2D eigenvalue weighted by molar-refractivity contribution is -0.119. The number of aryl methyl sites for hydroxylation is 3. The number of ether oxygens (including phenoxy) is 1. The lowest BCUT2D eigenvalue weighted by atomic mass is 9.88. The van der Waals surface area contributed by atoms with Gasteiger partial charge in [-0.15, -0.1) is 11.3 Å². The molecule has 0 spiro atoms. The SMILES string of the molecule is COCCn1c(SCC(=O)N[C@H]2CCCc3ccccc32)nc2sc(C)c(C)c2c1=O. The maximum Gasteiger partial charge on any atom is 0.263 e. The fourth-order valence-corrected chi connectivity index (χ4v) is 5.98.